The van der Waals surface area contributed by atoms with Crippen LogP contribution in [-0.4, -0.2) is 34.9 Å². The molecule has 6 nitrogen and oxygen atoms in total. The van der Waals surface area contributed by atoms with Gasteiger partial charge in [0.15, 0.2) is 0 Å². The van der Waals surface area contributed by atoms with Crippen molar-refractivity contribution in [2.45, 2.75) is 20.3 Å². The van der Waals surface area contributed by atoms with E-state index in [9.17, 15) is 9.59 Å². The van der Waals surface area contributed by atoms with E-state index in [-0.39, 0.29) is 24.9 Å². The number of carbonyl (C=O) groups is 2. The Bertz CT molecular complexity index is 502. The van der Waals surface area contributed by atoms with Gasteiger partial charge < -0.3 is 4.90 Å². The summed E-state index contributed by atoms with van der Waals surface area (Å²) in [4.78, 5) is 32.8. The first kappa shape index (κ1) is 12.8. The normalized spacial score (nSPS) is 15.8. The highest BCUT2D eigenvalue weighted by Crippen LogP contribution is 2.24. The van der Waals surface area contributed by atoms with E-state index in [4.69, 9.17) is 11.6 Å². The minimum Gasteiger partial charge on any atom is -0.338 e. The molecule has 7 heteroatoms. The number of aryl methyl sites for hydroxylation is 1. The number of hydrogen-bond donors (Lipinski definition) is 1. The zero-order valence-electron chi connectivity index (χ0n) is 10.2. The van der Waals surface area contributed by atoms with Crippen LogP contribution in [0, 0.1) is 6.92 Å². The minimum absolute atomic E-state index is 0.100. The third kappa shape index (κ3) is 2.43. The van der Waals surface area contributed by atoms with Crippen LogP contribution >= 0.6 is 11.6 Å². The molecule has 1 aromatic rings. The number of carbonyl (C=O) groups excluding carboxylic acids is 2. The van der Waals surface area contributed by atoms with E-state index in [1.165, 1.54) is 0 Å². The Labute approximate surface area is 109 Å². The molecule has 0 bridgehead atoms. The van der Waals surface area contributed by atoms with Crippen molar-refractivity contribution in [2.24, 2.45) is 0 Å². The number of hydrogen-bond acceptors (Lipinski definition) is 5. The Morgan fingerprint density at radius 1 is 1.28 bits per heavy atom. The number of halogens is 1. The lowest BCUT2D eigenvalue weighted by Gasteiger charge is -2.27. The Kier molecular flexibility index (Phi) is 3.47. The standard InChI is InChI=1S/C11H13ClN4O2/c1-3-7-13-10(12)6(2)11(14-7)16-4-8(17)15-9(18)5-16/h3-5H2,1-2H3,(H,15,17,18). The van der Waals surface area contributed by atoms with Crippen molar-refractivity contribution in [1.82, 2.24) is 15.3 Å². The number of nitrogens with one attached hydrogen (secondary N) is 1. The fraction of sp³-hybridized carbons (Fsp3) is 0.455. The first-order valence-corrected chi connectivity index (χ1v) is 5.99. The van der Waals surface area contributed by atoms with Gasteiger partial charge in [-0.1, -0.05) is 18.5 Å². The summed E-state index contributed by atoms with van der Waals surface area (Å²) >= 11 is 6.03. The van der Waals surface area contributed by atoms with E-state index in [0.717, 1.165) is 0 Å². The molecule has 0 spiro atoms. The highest BCUT2D eigenvalue weighted by Gasteiger charge is 2.25. The summed E-state index contributed by atoms with van der Waals surface area (Å²) in [5.41, 5.74) is 0.677. The molecule has 0 aliphatic carbocycles. The smallest absolute Gasteiger partial charge is 0.246 e. The molecule has 0 saturated carbocycles. The highest BCUT2D eigenvalue weighted by atomic mass is 35.5. The van der Waals surface area contributed by atoms with Gasteiger partial charge in [-0.25, -0.2) is 9.97 Å². The average molecular weight is 269 g/mol. The van der Waals surface area contributed by atoms with Crippen molar-refractivity contribution in [3.63, 3.8) is 0 Å². The van der Waals surface area contributed by atoms with Crippen LogP contribution in [0.2, 0.25) is 5.15 Å². The summed E-state index contributed by atoms with van der Waals surface area (Å²) in [5.74, 6) is 0.478. The van der Waals surface area contributed by atoms with Gasteiger partial charge in [0, 0.05) is 12.0 Å². The third-order valence-electron chi connectivity index (χ3n) is 2.67. The van der Waals surface area contributed by atoms with Gasteiger partial charge in [0.05, 0.1) is 13.1 Å². The van der Waals surface area contributed by atoms with Gasteiger partial charge in [-0.3, -0.25) is 14.9 Å². The highest BCUT2D eigenvalue weighted by molar-refractivity contribution is 6.30. The first-order chi connectivity index (χ1) is 8.51. The van der Waals surface area contributed by atoms with Gasteiger partial charge in [0.1, 0.15) is 16.8 Å². The maximum absolute atomic E-state index is 11.4. The summed E-state index contributed by atoms with van der Waals surface area (Å²) in [5, 5.41) is 2.60. The Hall–Kier alpha value is -1.69. The molecule has 0 aromatic carbocycles. The number of imide groups is 1. The number of nitrogens with zero attached hydrogens (tertiary/aromatic N) is 3. The number of amides is 2. The van der Waals surface area contributed by atoms with Crippen molar-refractivity contribution in [3.05, 3.63) is 16.5 Å². The van der Waals surface area contributed by atoms with Crippen LogP contribution in [0.5, 0.6) is 0 Å². The van der Waals surface area contributed by atoms with E-state index in [0.29, 0.717) is 28.8 Å². The Morgan fingerprint density at radius 2 is 1.89 bits per heavy atom. The molecule has 2 amide bonds. The summed E-state index contributed by atoms with van der Waals surface area (Å²) in [7, 11) is 0. The molecule has 1 aliphatic rings. The molecular formula is C11H13ClN4O2. The topological polar surface area (TPSA) is 75.2 Å². The number of anilines is 1. The minimum atomic E-state index is -0.335. The fourth-order valence-corrected chi connectivity index (χ4v) is 1.96. The van der Waals surface area contributed by atoms with E-state index in [2.05, 4.69) is 15.3 Å². The van der Waals surface area contributed by atoms with Crippen LogP contribution < -0.4 is 10.2 Å². The van der Waals surface area contributed by atoms with Crippen LogP contribution in [0.4, 0.5) is 5.82 Å². The lowest BCUT2D eigenvalue weighted by Crippen LogP contribution is -2.52. The maximum Gasteiger partial charge on any atom is 0.246 e. The molecule has 0 radical (unpaired) electrons. The molecule has 2 heterocycles. The molecule has 1 saturated heterocycles. The first-order valence-electron chi connectivity index (χ1n) is 5.62. The fourth-order valence-electron chi connectivity index (χ4n) is 1.77. The van der Waals surface area contributed by atoms with Crippen LogP contribution in [0.1, 0.15) is 18.3 Å². The second-order valence-corrected chi connectivity index (χ2v) is 4.42. The van der Waals surface area contributed by atoms with Gasteiger partial charge in [-0.2, -0.15) is 0 Å². The van der Waals surface area contributed by atoms with Crippen LogP contribution in [0.3, 0.4) is 0 Å². The predicted molar refractivity (Wildman–Crippen MR) is 66.5 cm³/mol. The average Bonchev–Trinajstić information content (AvgIpc) is 2.31. The van der Waals surface area contributed by atoms with Gasteiger partial charge in [0.2, 0.25) is 11.8 Å². The largest absolute Gasteiger partial charge is 0.338 e. The summed E-state index contributed by atoms with van der Waals surface area (Å²) < 4.78 is 0. The predicted octanol–water partition coefficient (Wildman–Crippen LogP) is 0.464. The van der Waals surface area contributed by atoms with Crippen molar-refractivity contribution in [2.75, 3.05) is 18.0 Å². The zero-order valence-corrected chi connectivity index (χ0v) is 10.9. The van der Waals surface area contributed by atoms with Gasteiger partial charge in [-0.15, -0.1) is 0 Å². The summed E-state index contributed by atoms with van der Waals surface area (Å²) in [6, 6.07) is 0. The molecule has 1 N–H and O–H groups in total. The van der Waals surface area contributed by atoms with E-state index in [1.807, 2.05) is 6.92 Å². The van der Waals surface area contributed by atoms with Gasteiger partial charge in [-0.05, 0) is 6.92 Å². The SMILES string of the molecule is CCc1nc(Cl)c(C)c(N2CC(=O)NC(=O)C2)n1. The van der Waals surface area contributed by atoms with Crippen LogP contribution in [0.25, 0.3) is 0 Å². The quantitative estimate of drug-likeness (QED) is 0.623. The number of aromatic nitrogens is 2. The molecule has 2 rings (SSSR count). The molecule has 1 aromatic heterocycles. The molecule has 96 valence electrons. The molecule has 18 heavy (non-hydrogen) atoms. The Morgan fingerprint density at radius 3 is 2.44 bits per heavy atom. The summed E-state index contributed by atoms with van der Waals surface area (Å²) in [6.45, 7) is 3.89. The van der Waals surface area contributed by atoms with Crippen LogP contribution in [0.15, 0.2) is 0 Å². The molecule has 1 aliphatic heterocycles. The molecule has 0 atom stereocenters. The maximum atomic E-state index is 11.4. The van der Waals surface area contributed by atoms with Crippen molar-refractivity contribution in [3.8, 4) is 0 Å². The number of piperazine rings is 1. The van der Waals surface area contributed by atoms with Crippen molar-refractivity contribution in [1.29, 1.82) is 0 Å². The second-order valence-electron chi connectivity index (χ2n) is 4.06. The van der Waals surface area contributed by atoms with E-state index in [1.54, 1.807) is 11.8 Å². The lowest BCUT2D eigenvalue weighted by molar-refractivity contribution is -0.130. The van der Waals surface area contributed by atoms with Gasteiger partial charge >= 0.3 is 0 Å². The Balaban J connectivity index is 2.40. The monoisotopic (exact) mass is 268 g/mol. The summed E-state index contributed by atoms with van der Waals surface area (Å²) in [6.07, 6.45) is 0.640. The molecule has 1 fully saturated rings. The van der Waals surface area contributed by atoms with Crippen molar-refractivity contribution >= 4 is 29.2 Å². The second kappa shape index (κ2) is 4.89. The van der Waals surface area contributed by atoms with Crippen LogP contribution in [-0.2, 0) is 16.0 Å². The third-order valence-corrected chi connectivity index (χ3v) is 3.04. The zero-order chi connectivity index (χ0) is 13.3. The molecule has 0 unspecified atom stereocenters. The number of rotatable bonds is 2. The van der Waals surface area contributed by atoms with E-state index < -0.39 is 0 Å². The lowest BCUT2D eigenvalue weighted by atomic mass is 10.2. The van der Waals surface area contributed by atoms with Crippen molar-refractivity contribution < 1.29 is 9.59 Å². The van der Waals surface area contributed by atoms with Gasteiger partial charge in [0.25, 0.3) is 0 Å². The molecular weight excluding hydrogens is 256 g/mol. The van der Waals surface area contributed by atoms with E-state index >= 15 is 0 Å².